The van der Waals surface area contributed by atoms with E-state index in [-0.39, 0.29) is 18.5 Å². The first-order valence-corrected chi connectivity index (χ1v) is 6.96. The molecule has 4 nitrogen and oxygen atoms in total. The number of hydrogen-bond acceptors (Lipinski definition) is 3. The molecule has 2 rings (SSSR count). The number of carbonyl (C=O) groups is 1. The van der Waals surface area contributed by atoms with Crippen molar-refractivity contribution in [1.82, 2.24) is 10.3 Å². The Balaban J connectivity index is 1.92. The molecule has 0 spiro atoms. The topological polar surface area (TPSA) is 54.0 Å². The number of amides is 1. The summed E-state index contributed by atoms with van der Waals surface area (Å²) in [5.74, 6) is -0.282. The highest BCUT2D eigenvalue weighted by Crippen LogP contribution is 2.30. The van der Waals surface area contributed by atoms with Gasteiger partial charge in [-0.2, -0.15) is 13.2 Å². The summed E-state index contributed by atoms with van der Waals surface area (Å²) in [4.78, 5) is 15.6. The van der Waals surface area contributed by atoms with Gasteiger partial charge in [0.05, 0.1) is 12.1 Å². The maximum atomic E-state index is 12.7. The van der Waals surface area contributed by atoms with Gasteiger partial charge in [-0.1, -0.05) is 12.1 Å². The van der Waals surface area contributed by atoms with E-state index < -0.39 is 11.7 Å². The predicted molar refractivity (Wildman–Crippen MR) is 80.7 cm³/mol. The number of carbonyl (C=O) groups excluding carboxylic acids is 1. The smallest absolute Gasteiger partial charge is 0.325 e. The molecule has 0 bridgehead atoms. The molecule has 1 heterocycles. The van der Waals surface area contributed by atoms with Gasteiger partial charge in [-0.3, -0.25) is 9.78 Å². The van der Waals surface area contributed by atoms with E-state index in [0.717, 1.165) is 12.1 Å². The molecular formula is C16H16F3N3O. The number of rotatable bonds is 5. The Hall–Kier alpha value is -2.41. The van der Waals surface area contributed by atoms with Crippen LogP contribution in [0.4, 0.5) is 18.9 Å². The predicted octanol–water partition coefficient (Wildman–Crippen LogP) is 3.39. The van der Waals surface area contributed by atoms with E-state index in [1.54, 1.807) is 37.5 Å². The van der Waals surface area contributed by atoms with E-state index in [1.807, 2.05) is 0 Å². The minimum absolute atomic E-state index is 0.0142. The molecule has 0 saturated heterocycles. The molecule has 1 atom stereocenters. The van der Waals surface area contributed by atoms with Crippen LogP contribution in [0.5, 0.6) is 0 Å². The van der Waals surface area contributed by atoms with Crippen molar-refractivity contribution in [1.29, 1.82) is 0 Å². The highest BCUT2D eigenvalue weighted by molar-refractivity contribution is 5.92. The fourth-order valence-electron chi connectivity index (χ4n) is 1.99. The van der Waals surface area contributed by atoms with Crippen molar-refractivity contribution in [3.05, 3.63) is 59.9 Å². The Bertz CT molecular complexity index is 659. The Morgan fingerprint density at radius 2 is 1.91 bits per heavy atom. The van der Waals surface area contributed by atoms with Crippen LogP contribution in [0.3, 0.4) is 0 Å². The minimum Gasteiger partial charge on any atom is -0.325 e. The fourth-order valence-corrected chi connectivity index (χ4v) is 1.99. The maximum Gasteiger partial charge on any atom is 0.416 e. The maximum absolute atomic E-state index is 12.7. The molecular weight excluding hydrogens is 307 g/mol. The number of hydrogen-bond donors (Lipinski definition) is 2. The van der Waals surface area contributed by atoms with Gasteiger partial charge < -0.3 is 10.6 Å². The van der Waals surface area contributed by atoms with Gasteiger partial charge in [0.15, 0.2) is 0 Å². The van der Waals surface area contributed by atoms with Crippen LogP contribution in [0, 0.1) is 0 Å². The second-order valence-corrected chi connectivity index (χ2v) is 5.01. The number of nitrogens with zero attached hydrogens (tertiary/aromatic N) is 1. The van der Waals surface area contributed by atoms with Crippen molar-refractivity contribution in [2.24, 2.45) is 0 Å². The molecule has 0 aliphatic rings. The standard InChI is InChI=1S/C16H16F3N3O/c1-11(12-3-2-4-13(9-12)16(17,18)19)21-10-15(23)22-14-5-7-20-8-6-14/h2-9,11,21H,10H2,1H3,(H,20,22,23). The summed E-state index contributed by atoms with van der Waals surface area (Å²) in [5, 5.41) is 5.57. The lowest BCUT2D eigenvalue weighted by atomic mass is 10.0. The van der Waals surface area contributed by atoms with E-state index in [0.29, 0.717) is 11.3 Å². The van der Waals surface area contributed by atoms with E-state index in [2.05, 4.69) is 15.6 Å². The third-order valence-electron chi connectivity index (χ3n) is 3.25. The molecule has 0 aliphatic heterocycles. The molecule has 1 unspecified atom stereocenters. The van der Waals surface area contributed by atoms with Gasteiger partial charge >= 0.3 is 6.18 Å². The van der Waals surface area contributed by atoms with Crippen LogP contribution in [0.2, 0.25) is 0 Å². The highest BCUT2D eigenvalue weighted by Gasteiger charge is 2.30. The first-order valence-electron chi connectivity index (χ1n) is 6.96. The molecule has 1 aromatic heterocycles. The molecule has 7 heteroatoms. The highest BCUT2D eigenvalue weighted by atomic mass is 19.4. The molecule has 122 valence electrons. The molecule has 1 amide bonds. The number of benzene rings is 1. The number of halogens is 3. The van der Waals surface area contributed by atoms with Crippen LogP contribution in [-0.2, 0) is 11.0 Å². The molecule has 23 heavy (non-hydrogen) atoms. The zero-order valence-electron chi connectivity index (χ0n) is 12.4. The van der Waals surface area contributed by atoms with Crippen LogP contribution in [0.15, 0.2) is 48.8 Å². The monoisotopic (exact) mass is 323 g/mol. The first kappa shape index (κ1) is 17.0. The number of pyridine rings is 1. The summed E-state index contributed by atoms with van der Waals surface area (Å²) in [7, 11) is 0. The number of anilines is 1. The normalized spacial score (nSPS) is 12.7. The molecule has 0 fully saturated rings. The molecule has 0 radical (unpaired) electrons. The van der Waals surface area contributed by atoms with Gasteiger partial charge in [0.2, 0.25) is 5.91 Å². The third-order valence-corrected chi connectivity index (χ3v) is 3.25. The van der Waals surface area contributed by atoms with Gasteiger partial charge in [-0.15, -0.1) is 0 Å². The second kappa shape index (κ2) is 7.23. The molecule has 0 aliphatic carbocycles. The fraction of sp³-hybridized carbons (Fsp3) is 0.250. The molecule has 0 saturated carbocycles. The molecule has 2 aromatic rings. The number of nitrogens with one attached hydrogen (secondary N) is 2. The summed E-state index contributed by atoms with van der Waals surface area (Å²) < 4.78 is 38.1. The van der Waals surface area contributed by atoms with E-state index in [1.165, 1.54) is 6.07 Å². The van der Waals surface area contributed by atoms with E-state index >= 15 is 0 Å². The Labute approximate surface area is 131 Å². The van der Waals surface area contributed by atoms with E-state index in [4.69, 9.17) is 0 Å². The Kier molecular flexibility index (Phi) is 5.33. The van der Waals surface area contributed by atoms with Crippen molar-refractivity contribution in [2.45, 2.75) is 19.1 Å². The average molecular weight is 323 g/mol. The van der Waals surface area contributed by atoms with Crippen molar-refractivity contribution in [3.63, 3.8) is 0 Å². The summed E-state index contributed by atoms with van der Waals surface area (Å²) in [6.07, 6.45) is -1.28. The van der Waals surface area contributed by atoms with Crippen LogP contribution in [-0.4, -0.2) is 17.4 Å². The summed E-state index contributed by atoms with van der Waals surface area (Å²) in [5.41, 5.74) is 0.375. The van der Waals surface area contributed by atoms with Crippen LogP contribution < -0.4 is 10.6 Å². The minimum atomic E-state index is -4.38. The Morgan fingerprint density at radius 1 is 1.22 bits per heavy atom. The summed E-state index contributed by atoms with van der Waals surface area (Å²) in [6, 6.07) is 7.95. The van der Waals surface area contributed by atoms with E-state index in [9.17, 15) is 18.0 Å². The average Bonchev–Trinajstić information content (AvgIpc) is 2.53. The SMILES string of the molecule is CC(NCC(=O)Nc1ccncc1)c1cccc(C(F)(F)F)c1. The molecule has 1 aromatic carbocycles. The second-order valence-electron chi connectivity index (χ2n) is 5.01. The summed E-state index contributed by atoms with van der Waals surface area (Å²) >= 11 is 0. The van der Waals surface area contributed by atoms with Crippen LogP contribution in [0.25, 0.3) is 0 Å². The van der Waals surface area contributed by atoms with Crippen LogP contribution >= 0.6 is 0 Å². The lowest BCUT2D eigenvalue weighted by Crippen LogP contribution is -2.30. The summed E-state index contributed by atoms with van der Waals surface area (Å²) in [6.45, 7) is 1.69. The number of aromatic nitrogens is 1. The third kappa shape index (κ3) is 5.07. The van der Waals surface area contributed by atoms with Crippen molar-refractivity contribution in [2.75, 3.05) is 11.9 Å². The van der Waals surface area contributed by atoms with Gasteiger partial charge in [-0.25, -0.2) is 0 Å². The van der Waals surface area contributed by atoms with Crippen LogP contribution in [0.1, 0.15) is 24.1 Å². The van der Waals surface area contributed by atoms with Crippen molar-refractivity contribution in [3.8, 4) is 0 Å². The van der Waals surface area contributed by atoms with Gasteiger partial charge in [-0.05, 0) is 36.8 Å². The lowest BCUT2D eigenvalue weighted by molar-refractivity contribution is -0.137. The number of alkyl halides is 3. The lowest BCUT2D eigenvalue weighted by Gasteiger charge is -2.16. The molecule has 2 N–H and O–H groups in total. The van der Waals surface area contributed by atoms with Gasteiger partial charge in [0.25, 0.3) is 0 Å². The van der Waals surface area contributed by atoms with Gasteiger partial charge in [0, 0.05) is 24.1 Å². The quantitative estimate of drug-likeness (QED) is 0.887. The zero-order chi connectivity index (χ0) is 16.9. The largest absolute Gasteiger partial charge is 0.416 e. The zero-order valence-corrected chi connectivity index (χ0v) is 12.4. The van der Waals surface area contributed by atoms with Crippen molar-refractivity contribution < 1.29 is 18.0 Å². The van der Waals surface area contributed by atoms with Crippen molar-refractivity contribution >= 4 is 11.6 Å². The first-order chi connectivity index (χ1) is 10.9. The Morgan fingerprint density at radius 3 is 2.57 bits per heavy atom. The van der Waals surface area contributed by atoms with Gasteiger partial charge in [0.1, 0.15) is 0 Å².